The van der Waals surface area contributed by atoms with Gasteiger partial charge in [-0.05, 0) is 110 Å². The number of thiazole rings is 1. The number of carbonyl (C=O) groups excluding carboxylic acids is 1. The largest absolute Gasteiger partial charge is 0.490 e. The van der Waals surface area contributed by atoms with E-state index in [0.29, 0.717) is 39.6 Å². The Kier molecular flexibility index (Phi) is 8.74. The van der Waals surface area contributed by atoms with Crippen LogP contribution in [0.25, 0.3) is 11.8 Å². The maximum absolute atomic E-state index is 14.0. The van der Waals surface area contributed by atoms with E-state index in [9.17, 15) is 9.59 Å². The molecule has 2 aromatic carbocycles. The molecule has 0 saturated carbocycles. The Balaban J connectivity index is 1.66. The molecule has 0 spiro atoms. The van der Waals surface area contributed by atoms with E-state index in [1.165, 1.54) is 33.8 Å². The van der Waals surface area contributed by atoms with Crippen molar-refractivity contribution in [3.63, 3.8) is 0 Å². The molecule has 0 N–H and O–H groups in total. The highest BCUT2D eigenvalue weighted by atomic mass is 127. The van der Waals surface area contributed by atoms with Crippen molar-refractivity contribution in [1.29, 1.82) is 0 Å². The van der Waals surface area contributed by atoms with Crippen LogP contribution in [0.15, 0.2) is 64.0 Å². The average molecular weight is 698 g/mol. The van der Waals surface area contributed by atoms with Crippen LogP contribution in [0.1, 0.15) is 48.0 Å². The number of rotatable bonds is 8. The lowest BCUT2D eigenvalue weighted by Crippen LogP contribution is -2.39. The van der Waals surface area contributed by atoms with Crippen LogP contribution in [0, 0.1) is 24.3 Å². The number of aryl methyl sites for hydroxylation is 2. The van der Waals surface area contributed by atoms with Gasteiger partial charge in [-0.25, -0.2) is 9.79 Å². The fraction of sp³-hybridized carbons (Fsp3) is 0.281. The molecule has 1 atom stereocenters. The van der Waals surface area contributed by atoms with Crippen molar-refractivity contribution in [3.05, 3.63) is 106 Å². The highest BCUT2D eigenvalue weighted by molar-refractivity contribution is 14.1. The number of esters is 1. The summed E-state index contributed by atoms with van der Waals surface area (Å²) in [5, 5.41) is 0. The van der Waals surface area contributed by atoms with Crippen LogP contribution in [0.5, 0.6) is 11.5 Å². The summed E-state index contributed by atoms with van der Waals surface area (Å²) in [4.78, 5) is 31.9. The Labute approximate surface area is 261 Å². The standard InChI is InChI=1S/C32H32IN3O5S/c1-7-40-26-12-10-21(14-27(26)41-8-2)29-24(31(38)39-6)17-34-32-36(29)30(37)28(42-32)15-22-13-19(4)35(20(22)5)23-11-9-18(3)25(33)16-23/h9-17,29H,7-8H2,1-6H3/b28-15+/t29-/m0/s1. The van der Waals surface area contributed by atoms with E-state index >= 15 is 0 Å². The summed E-state index contributed by atoms with van der Waals surface area (Å²) < 4.78 is 22.1. The molecule has 8 nitrogen and oxygen atoms in total. The molecule has 218 valence electrons. The minimum absolute atomic E-state index is 0.236. The van der Waals surface area contributed by atoms with Crippen molar-refractivity contribution in [3.8, 4) is 17.2 Å². The topological polar surface area (TPSA) is 84.0 Å². The van der Waals surface area contributed by atoms with Crippen LogP contribution in [-0.4, -0.2) is 35.4 Å². The van der Waals surface area contributed by atoms with Gasteiger partial charge in [-0.3, -0.25) is 9.36 Å². The SMILES string of the molecule is CCOc1ccc([C@H]2C(C(=O)OC)=CN=c3s/c(=C/c4cc(C)n(-c5ccc(C)c(I)c5)c4C)c(=O)n32)cc1OCC. The molecule has 0 radical (unpaired) electrons. The fourth-order valence-electron chi connectivity index (χ4n) is 5.18. The first-order chi connectivity index (χ1) is 20.2. The van der Waals surface area contributed by atoms with Crippen LogP contribution < -0.4 is 24.4 Å². The third kappa shape index (κ3) is 5.45. The Morgan fingerprint density at radius 2 is 1.79 bits per heavy atom. The quantitative estimate of drug-likeness (QED) is 0.188. The van der Waals surface area contributed by atoms with Crippen molar-refractivity contribution in [2.75, 3.05) is 20.3 Å². The van der Waals surface area contributed by atoms with Crippen LogP contribution in [0.2, 0.25) is 0 Å². The van der Waals surface area contributed by atoms with E-state index in [0.717, 1.165) is 22.6 Å². The van der Waals surface area contributed by atoms with Gasteiger partial charge in [0, 0.05) is 26.8 Å². The monoisotopic (exact) mass is 697 g/mol. The number of fused-ring (bicyclic) bond motifs is 1. The molecular weight excluding hydrogens is 665 g/mol. The number of ether oxygens (including phenoxy) is 3. The van der Waals surface area contributed by atoms with Crippen molar-refractivity contribution < 1.29 is 19.0 Å². The lowest BCUT2D eigenvalue weighted by atomic mass is 9.97. The smallest absolute Gasteiger partial charge is 0.337 e. The molecule has 0 amide bonds. The minimum Gasteiger partial charge on any atom is -0.490 e. The van der Waals surface area contributed by atoms with E-state index < -0.39 is 12.0 Å². The second-order valence-corrected chi connectivity index (χ2v) is 12.0. The molecule has 42 heavy (non-hydrogen) atoms. The maximum atomic E-state index is 14.0. The van der Waals surface area contributed by atoms with Gasteiger partial charge in [0.1, 0.15) is 0 Å². The Morgan fingerprint density at radius 3 is 2.48 bits per heavy atom. The van der Waals surface area contributed by atoms with E-state index in [-0.39, 0.29) is 11.1 Å². The van der Waals surface area contributed by atoms with Gasteiger partial charge in [0.2, 0.25) is 0 Å². The van der Waals surface area contributed by atoms with E-state index in [1.54, 1.807) is 10.6 Å². The molecule has 0 aliphatic carbocycles. The van der Waals surface area contributed by atoms with Gasteiger partial charge in [0.25, 0.3) is 5.56 Å². The van der Waals surface area contributed by atoms with Crippen molar-refractivity contribution >= 4 is 46.0 Å². The number of aromatic nitrogens is 2. The summed E-state index contributed by atoms with van der Waals surface area (Å²) in [5.74, 6) is 0.581. The molecule has 0 saturated heterocycles. The highest BCUT2D eigenvalue weighted by Gasteiger charge is 2.31. The predicted octanol–water partition coefficient (Wildman–Crippen LogP) is 5.14. The number of carbonyl (C=O) groups is 1. The zero-order chi connectivity index (χ0) is 30.1. The number of benzene rings is 2. The second kappa shape index (κ2) is 12.3. The van der Waals surface area contributed by atoms with E-state index in [2.05, 4.69) is 77.2 Å². The van der Waals surface area contributed by atoms with Crippen LogP contribution in [-0.2, 0) is 9.53 Å². The molecule has 0 bridgehead atoms. The first-order valence-corrected chi connectivity index (χ1v) is 15.5. The van der Waals surface area contributed by atoms with Gasteiger partial charge in [0.15, 0.2) is 16.3 Å². The number of halogens is 1. The summed E-state index contributed by atoms with van der Waals surface area (Å²) in [6, 6.07) is 13.2. The number of nitrogens with zero attached hydrogens (tertiary/aromatic N) is 3. The number of methoxy groups -OCH3 is 1. The molecule has 1 aliphatic rings. The minimum atomic E-state index is -0.743. The summed E-state index contributed by atoms with van der Waals surface area (Å²) in [5.41, 5.74) is 6.04. The highest BCUT2D eigenvalue weighted by Crippen LogP contribution is 2.35. The van der Waals surface area contributed by atoms with Crippen molar-refractivity contribution in [2.24, 2.45) is 4.99 Å². The molecule has 4 aromatic rings. The Hall–Kier alpha value is -3.64. The van der Waals surface area contributed by atoms with Crippen molar-refractivity contribution in [2.45, 2.75) is 40.7 Å². The third-order valence-corrected chi connectivity index (χ3v) is 9.34. The number of hydrogen-bond donors (Lipinski definition) is 0. The van der Waals surface area contributed by atoms with Gasteiger partial charge in [-0.2, -0.15) is 0 Å². The lowest BCUT2D eigenvalue weighted by Gasteiger charge is -2.23. The molecule has 0 fully saturated rings. The lowest BCUT2D eigenvalue weighted by molar-refractivity contribution is -0.136. The predicted molar refractivity (Wildman–Crippen MR) is 173 cm³/mol. The summed E-state index contributed by atoms with van der Waals surface area (Å²) >= 11 is 3.64. The molecule has 1 aliphatic heterocycles. The molecular formula is C32H32IN3O5S. The van der Waals surface area contributed by atoms with Gasteiger partial charge < -0.3 is 18.8 Å². The van der Waals surface area contributed by atoms with Gasteiger partial charge in [0.05, 0.1) is 36.5 Å². The second-order valence-electron chi connectivity index (χ2n) is 9.84. The van der Waals surface area contributed by atoms with Gasteiger partial charge in [-0.1, -0.05) is 23.5 Å². The number of hydrogen-bond acceptors (Lipinski definition) is 7. The molecule has 10 heteroatoms. The molecule has 0 unspecified atom stereocenters. The molecule has 3 heterocycles. The third-order valence-electron chi connectivity index (χ3n) is 7.18. The van der Waals surface area contributed by atoms with Crippen LogP contribution >= 0.6 is 33.9 Å². The first kappa shape index (κ1) is 29.8. The zero-order valence-electron chi connectivity index (χ0n) is 24.4. The van der Waals surface area contributed by atoms with Gasteiger partial charge >= 0.3 is 5.97 Å². The molecule has 5 rings (SSSR count). The van der Waals surface area contributed by atoms with Crippen molar-refractivity contribution in [1.82, 2.24) is 9.13 Å². The summed E-state index contributed by atoms with van der Waals surface area (Å²) in [7, 11) is 1.32. The van der Waals surface area contributed by atoms with Crippen LogP contribution in [0.3, 0.4) is 0 Å². The molecule has 2 aromatic heterocycles. The Bertz CT molecular complexity index is 1900. The Morgan fingerprint density at radius 1 is 1.05 bits per heavy atom. The fourth-order valence-corrected chi connectivity index (χ4v) is 6.64. The average Bonchev–Trinajstić information content (AvgIpc) is 3.44. The first-order valence-electron chi connectivity index (χ1n) is 13.6. The van der Waals surface area contributed by atoms with Crippen LogP contribution in [0.4, 0.5) is 0 Å². The van der Waals surface area contributed by atoms with E-state index in [4.69, 9.17) is 14.2 Å². The summed E-state index contributed by atoms with van der Waals surface area (Å²) in [6.07, 6.45) is 3.40. The maximum Gasteiger partial charge on any atom is 0.337 e. The summed E-state index contributed by atoms with van der Waals surface area (Å²) in [6.45, 7) is 10.9. The normalized spacial score (nSPS) is 14.7. The zero-order valence-corrected chi connectivity index (χ0v) is 27.3. The van der Waals surface area contributed by atoms with Gasteiger partial charge in [-0.15, -0.1) is 0 Å². The van der Waals surface area contributed by atoms with E-state index in [1.807, 2.05) is 32.1 Å².